The number of nitrogens with zero attached hydrogens (tertiary/aromatic N) is 4. The molecule has 7 nitrogen and oxygen atoms in total. The van der Waals surface area contributed by atoms with Gasteiger partial charge < -0.3 is 9.64 Å². The molecule has 2 aromatic heterocycles. The van der Waals surface area contributed by atoms with Gasteiger partial charge in [0, 0.05) is 19.2 Å². The van der Waals surface area contributed by atoms with Crippen LogP contribution in [0, 0.1) is 0 Å². The Morgan fingerprint density at radius 3 is 2.59 bits per heavy atom. The summed E-state index contributed by atoms with van der Waals surface area (Å²) in [7, 11) is 0. The van der Waals surface area contributed by atoms with Gasteiger partial charge in [0.25, 0.3) is 5.56 Å². The molecule has 0 aliphatic carbocycles. The second kappa shape index (κ2) is 7.35. The number of ether oxygens (including phenoxy) is 1. The average molecular weight is 324 g/mol. The predicted octanol–water partition coefficient (Wildman–Crippen LogP) is 1.95. The number of hydrogen-bond acceptors (Lipinski definition) is 7. The molecule has 8 heteroatoms. The zero-order valence-corrected chi connectivity index (χ0v) is 13.9. The lowest BCUT2D eigenvalue weighted by molar-refractivity contribution is 0.0516. The lowest BCUT2D eigenvalue weighted by Gasteiger charge is -2.19. The van der Waals surface area contributed by atoms with Crippen LogP contribution in [0.25, 0.3) is 4.96 Å². The number of fused-ring (bicyclic) bond motifs is 1. The summed E-state index contributed by atoms with van der Waals surface area (Å²) < 4.78 is 6.38. The first kappa shape index (κ1) is 16.4. The molecule has 22 heavy (non-hydrogen) atoms. The van der Waals surface area contributed by atoms with Crippen LogP contribution in [-0.4, -0.2) is 40.3 Å². The van der Waals surface area contributed by atoms with Crippen molar-refractivity contribution in [3.63, 3.8) is 0 Å². The minimum Gasteiger partial charge on any atom is -0.461 e. The largest absolute Gasteiger partial charge is 0.461 e. The lowest BCUT2D eigenvalue weighted by atomic mass is 10.4. The second-order valence-corrected chi connectivity index (χ2v) is 5.70. The summed E-state index contributed by atoms with van der Waals surface area (Å²) in [6, 6.07) is 1.17. The monoisotopic (exact) mass is 324 g/mol. The molecule has 0 aliphatic rings. The first-order valence-electron chi connectivity index (χ1n) is 7.43. The Hall–Kier alpha value is -1.96. The molecule has 0 saturated carbocycles. The average Bonchev–Trinajstić information content (AvgIpc) is 2.90. The summed E-state index contributed by atoms with van der Waals surface area (Å²) in [4.78, 5) is 30.1. The summed E-state index contributed by atoms with van der Waals surface area (Å²) >= 11 is 1.31. The predicted molar refractivity (Wildman–Crippen MR) is 85.9 cm³/mol. The molecule has 0 atom stereocenters. The third-order valence-corrected chi connectivity index (χ3v) is 3.95. The van der Waals surface area contributed by atoms with Crippen LogP contribution in [0.4, 0.5) is 5.13 Å². The van der Waals surface area contributed by atoms with Gasteiger partial charge in [-0.15, -0.1) is 5.10 Å². The van der Waals surface area contributed by atoms with E-state index in [4.69, 9.17) is 4.74 Å². The van der Waals surface area contributed by atoms with E-state index in [-0.39, 0.29) is 12.3 Å². The maximum absolute atomic E-state index is 12.0. The number of anilines is 1. The third kappa shape index (κ3) is 3.44. The Morgan fingerprint density at radius 1 is 1.32 bits per heavy atom. The van der Waals surface area contributed by atoms with Crippen molar-refractivity contribution < 1.29 is 9.53 Å². The molecule has 2 aromatic rings. The van der Waals surface area contributed by atoms with Crippen LogP contribution in [0.1, 0.15) is 44.1 Å². The fourth-order valence-electron chi connectivity index (χ4n) is 2.13. The van der Waals surface area contributed by atoms with Gasteiger partial charge >= 0.3 is 5.97 Å². The van der Waals surface area contributed by atoms with E-state index in [0.29, 0.717) is 4.96 Å². The summed E-state index contributed by atoms with van der Waals surface area (Å²) in [5.41, 5.74) is -0.344. The zero-order chi connectivity index (χ0) is 16.1. The van der Waals surface area contributed by atoms with Gasteiger partial charge in [0.15, 0.2) is 5.69 Å². The van der Waals surface area contributed by atoms with Crippen molar-refractivity contribution in [2.45, 2.75) is 33.6 Å². The minimum absolute atomic E-state index is 0.118. The van der Waals surface area contributed by atoms with Crippen LogP contribution in [0.2, 0.25) is 0 Å². The Balaban J connectivity index is 2.50. The molecule has 2 heterocycles. The van der Waals surface area contributed by atoms with Crippen LogP contribution in [0.3, 0.4) is 0 Å². The molecule has 0 aromatic carbocycles. The fraction of sp³-hybridized carbons (Fsp3) is 0.571. The standard InChI is InChI=1S/C14H20N4O3S/c1-4-7-17(8-5-2)14-16-18-10(12(20)21-6-3)9-11(19)15-13(18)22-14/h9H,4-8H2,1-3H3. The molecule has 0 N–H and O–H groups in total. The maximum atomic E-state index is 12.0. The van der Waals surface area contributed by atoms with Crippen LogP contribution < -0.4 is 10.5 Å². The van der Waals surface area contributed by atoms with Crippen molar-refractivity contribution in [3.05, 3.63) is 22.1 Å². The van der Waals surface area contributed by atoms with Gasteiger partial charge in [-0.05, 0) is 19.8 Å². The van der Waals surface area contributed by atoms with E-state index in [1.807, 2.05) is 0 Å². The fourth-order valence-corrected chi connectivity index (χ4v) is 3.09. The highest BCUT2D eigenvalue weighted by atomic mass is 32.1. The summed E-state index contributed by atoms with van der Waals surface area (Å²) in [6.07, 6.45) is 1.98. The quantitative estimate of drug-likeness (QED) is 0.725. The highest BCUT2D eigenvalue weighted by Gasteiger charge is 2.18. The Labute approximate surface area is 132 Å². The van der Waals surface area contributed by atoms with Crippen molar-refractivity contribution in [2.75, 3.05) is 24.6 Å². The van der Waals surface area contributed by atoms with Crippen LogP contribution in [-0.2, 0) is 4.74 Å². The van der Waals surface area contributed by atoms with Crippen molar-refractivity contribution >= 4 is 27.4 Å². The third-order valence-electron chi connectivity index (χ3n) is 2.99. The van der Waals surface area contributed by atoms with Crippen molar-refractivity contribution in [1.82, 2.24) is 14.6 Å². The summed E-state index contributed by atoms with van der Waals surface area (Å²) in [5, 5.41) is 5.21. The van der Waals surface area contributed by atoms with Crippen molar-refractivity contribution in [1.29, 1.82) is 0 Å². The first-order chi connectivity index (χ1) is 10.6. The highest BCUT2D eigenvalue weighted by Crippen LogP contribution is 2.23. The van der Waals surface area contributed by atoms with Gasteiger partial charge in [0.2, 0.25) is 10.1 Å². The SMILES string of the molecule is CCCN(CCC)c1nn2c(C(=O)OCC)cc(=O)nc2s1. The van der Waals surface area contributed by atoms with E-state index in [9.17, 15) is 9.59 Å². The van der Waals surface area contributed by atoms with E-state index in [2.05, 4.69) is 28.8 Å². The number of rotatable bonds is 7. The van der Waals surface area contributed by atoms with Gasteiger partial charge in [0.1, 0.15) is 0 Å². The zero-order valence-electron chi connectivity index (χ0n) is 13.0. The van der Waals surface area contributed by atoms with Crippen LogP contribution in [0.15, 0.2) is 10.9 Å². The topological polar surface area (TPSA) is 76.8 Å². The molecule has 0 saturated heterocycles. The Morgan fingerprint density at radius 2 is 2.00 bits per heavy atom. The molecule has 0 bridgehead atoms. The highest BCUT2D eigenvalue weighted by molar-refractivity contribution is 7.20. The number of carbonyl (C=O) groups is 1. The number of hydrogen-bond donors (Lipinski definition) is 0. The number of esters is 1. The molecule has 0 spiro atoms. The lowest BCUT2D eigenvalue weighted by Crippen LogP contribution is -2.25. The van der Waals surface area contributed by atoms with Crippen molar-refractivity contribution in [2.24, 2.45) is 0 Å². The molecule has 120 valence electrons. The normalized spacial score (nSPS) is 10.9. The maximum Gasteiger partial charge on any atom is 0.357 e. The second-order valence-electron chi connectivity index (χ2n) is 4.77. The molecule has 2 rings (SSSR count). The van der Waals surface area contributed by atoms with Gasteiger partial charge in [-0.3, -0.25) is 4.79 Å². The van der Waals surface area contributed by atoms with Gasteiger partial charge in [-0.25, -0.2) is 4.79 Å². The molecular formula is C14H20N4O3S. The molecule has 0 aliphatic heterocycles. The van der Waals surface area contributed by atoms with Crippen LogP contribution in [0.5, 0.6) is 0 Å². The van der Waals surface area contributed by atoms with Gasteiger partial charge in [-0.1, -0.05) is 25.2 Å². The number of aromatic nitrogens is 3. The molecule has 0 unspecified atom stereocenters. The Bertz CT molecular complexity index is 704. The van der Waals surface area contributed by atoms with Gasteiger partial charge in [0.05, 0.1) is 6.61 Å². The van der Waals surface area contributed by atoms with E-state index in [1.165, 1.54) is 21.9 Å². The van der Waals surface area contributed by atoms with Crippen molar-refractivity contribution in [3.8, 4) is 0 Å². The molecule has 0 amide bonds. The van der Waals surface area contributed by atoms with E-state index in [1.54, 1.807) is 6.92 Å². The molecule has 0 fully saturated rings. The van der Waals surface area contributed by atoms with E-state index >= 15 is 0 Å². The number of carbonyl (C=O) groups excluding carboxylic acids is 1. The minimum atomic E-state index is -0.564. The summed E-state index contributed by atoms with van der Waals surface area (Å²) in [6.45, 7) is 7.89. The van der Waals surface area contributed by atoms with E-state index in [0.717, 1.165) is 31.1 Å². The Kier molecular flexibility index (Phi) is 5.48. The molecule has 0 radical (unpaired) electrons. The van der Waals surface area contributed by atoms with Gasteiger partial charge in [-0.2, -0.15) is 9.50 Å². The van der Waals surface area contributed by atoms with Crippen LogP contribution >= 0.6 is 11.3 Å². The van der Waals surface area contributed by atoms with E-state index < -0.39 is 11.5 Å². The molecular weight excluding hydrogens is 304 g/mol. The summed E-state index contributed by atoms with van der Waals surface area (Å²) in [5.74, 6) is -0.564. The smallest absolute Gasteiger partial charge is 0.357 e. The first-order valence-corrected chi connectivity index (χ1v) is 8.25.